The summed E-state index contributed by atoms with van der Waals surface area (Å²) in [5, 5.41) is 8.93. The molecule has 9 aromatic rings. The molecule has 7 aromatic carbocycles. The van der Waals surface area contributed by atoms with Crippen molar-refractivity contribution in [2.45, 2.75) is 19.3 Å². The second-order valence-corrected chi connectivity index (χ2v) is 13.8. The van der Waals surface area contributed by atoms with E-state index in [4.69, 9.17) is 9.40 Å². The van der Waals surface area contributed by atoms with Gasteiger partial charge in [-0.2, -0.15) is 0 Å². The minimum absolute atomic E-state index is 0.163. The molecule has 4 nitrogen and oxygen atoms in total. The van der Waals surface area contributed by atoms with Gasteiger partial charge in [0, 0.05) is 44.2 Å². The Morgan fingerprint density at radius 2 is 1.45 bits per heavy atom. The summed E-state index contributed by atoms with van der Waals surface area (Å²) in [5.41, 5.74) is 15.7. The lowest BCUT2D eigenvalue weighted by Crippen LogP contribution is -2.37. The number of fused-ring (bicyclic) bond motifs is 10. The molecule has 0 saturated carbocycles. The van der Waals surface area contributed by atoms with Crippen LogP contribution in [0.4, 0.5) is 11.4 Å². The predicted molar refractivity (Wildman–Crippen MR) is 204 cm³/mol. The van der Waals surface area contributed by atoms with Crippen LogP contribution in [0.3, 0.4) is 0 Å². The zero-order valence-electron chi connectivity index (χ0n) is 27.1. The average Bonchev–Trinajstić information content (AvgIpc) is 3.71. The minimum atomic E-state index is -0.163. The molecular formula is C44H29BN3O. The highest BCUT2D eigenvalue weighted by atomic mass is 16.3. The fourth-order valence-electron chi connectivity index (χ4n) is 8.61. The summed E-state index contributed by atoms with van der Waals surface area (Å²) in [6.07, 6.45) is 0. The normalized spacial score (nSPS) is 14.0. The highest BCUT2D eigenvalue weighted by Gasteiger charge is 2.35. The van der Waals surface area contributed by atoms with E-state index in [1.54, 1.807) is 0 Å². The van der Waals surface area contributed by atoms with Crippen molar-refractivity contribution in [2.75, 3.05) is 5.32 Å². The zero-order valence-corrected chi connectivity index (χ0v) is 27.1. The molecule has 0 amide bonds. The van der Waals surface area contributed by atoms with Crippen LogP contribution in [0, 0.1) is 0 Å². The molecule has 0 spiro atoms. The van der Waals surface area contributed by atoms with Crippen molar-refractivity contribution in [1.29, 1.82) is 0 Å². The number of rotatable bonds is 2. The number of nitrogens with zero attached hydrogens (tertiary/aromatic N) is 2. The van der Waals surface area contributed by atoms with Crippen LogP contribution in [-0.2, 0) is 5.41 Å². The van der Waals surface area contributed by atoms with Crippen molar-refractivity contribution in [3.05, 3.63) is 145 Å². The molecule has 5 heteroatoms. The molecule has 4 heterocycles. The van der Waals surface area contributed by atoms with E-state index in [2.05, 4.69) is 134 Å². The van der Waals surface area contributed by atoms with Gasteiger partial charge in [-0.25, -0.2) is 4.98 Å². The SMILES string of the molecule is CC1(C)c2ccccc2Nc2c(-c3c4c5c(c6ccccc36)c3ccccc3n5-c3cc5nc(-c6ccccc6)oc5cc3[B]4)cccc21. The van der Waals surface area contributed by atoms with Gasteiger partial charge in [0.2, 0.25) is 5.89 Å². The highest BCUT2D eigenvalue weighted by Crippen LogP contribution is 2.50. The van der Waals surface area contributed by atoms with Crippen LogP contribution in [-0.4, -0.2) is 16.8 Å². The number of para-hydroxylation sites is 3. The second-order valence-electron chi connectivity index (χ2n) is 13.8. The second kappa shape index (κ2) is 9.52. The molecule has 11 rings (SSSR count). The molecule has 2 aliphatic heterocycles. The first-order chi connectivity index (χ1) is 24.1. The number of benzene rings is 7. The van der Waals surface area contributed by atoms with Gasteiger partial charge in [-0.05, 0) is 69.3 Å². The van der Waals surface area contributed by atoms with Crippen molar-refractivity contribution in [3.8, 4) is 28.3 Å². The van der Waals surface area contributed by atoms with E-state index < -0.39 is 0 Å². The lowest BCUT2D eigenvalue weighted by Gasteiger charge is -2.37. The molecule has 229 valence electrons. The molecule has 0 atom stereocenters. The maximum absolute atomic E-state index is 6.42. The largest absolute Gasteiger partial charge is 0.436 e. The highest BCUT2D eigenvalue weighted by molar-refractivity contribution is 6.74. The Hall–Kier alpha value is -6.07. The lowest BCUT2D eigenvalue weighted by molar-refractivity contribution is 0.620. The smallest absolute Gasteiger partial charge is 0.227 e. The fourth-order valence-corrected chi connectivity index (χ4v) is 8.61. The molecule has 0 unspecified atom stereocenters. The van der Waals surface area contributed by atoms with Crippen LogP contribution in [0.1, 0.15) is 25.0 Å². The minimum Gasteiger partial charge on any atom is -0.436 e. The quantitative estimate of drug-likeness (QED) is 0.194. The molecular weight excluding hydrogens is 597 g/mol. The van der Waals surface area contributed by atoms with Gasteiger partial charge in [0.15, 0.2) is 12.9 Å². The van der Waals surface area contributed by atoms with Gasteiger partial charge in [-0.3, -0.25) is 0 Å². The van der Waals surface area contributed by atoms with Gasteiger partial charge >= 0.3 is 0 Å². The third kappa shape index (κ3) is 3.57. The van der Waals surface area contributed by atoms with Crippen molar-refractivity contribution in [3.63, 3.8) is 0 Å². The first-order valence-corrected chi connectivity index (χ1v) is 16.9. The number of hydrogen-bond donors (Lipinski definition) is 1. The number of anilines is 2. The molecule has 2 aliphatic rings. The van der Waals surface area contributed by atoms with E-state index in [1.165, 1.54) is 66.0 Å². The van der Waals surface area contributed by atoms with E-state index in [1.807, 2.05) is 30.3 Å². The van der Waals surface area contributed by atoms with Crippen molar-refractivity contribution >= 4 is 73.3 Å². The predicted octanol–water partition coefficient (Wildman–Crippen LogP) is 9.76. The summed E-state index contributed by atoms with van der Waals surface area (Å²) in [4.78, 5) is 4.97. The molecule has 1 N–H and O–H groups in total. The van der Waals surface area contributed by atoms with Gasteiger partial charge in [0.25, 0.3) is 0 Å². The number of nitrogens with one attached hydrogen (secondary N) is 1. The molecule has 2 aromatic heterocycles. The van der Waals surface area contributed by atoms with Gasteiger partial charge < -0.3 is 14.3 Å². The molecule has 0 bridgehead atoms. The fraction of sp³-hybridized carbons (Fsp3) is 0.0682. The first-order valence-electron chi connectivity index (χ1n) is 16.9. The van der Waals surface area contributed by atoms with Crippen LogP contribution >= 0.6 is 0 Å². The van der Waals surface area contributed by atoms with Crippen LogP contribution in [0.15, 0.2) is 138 Å². The third-order valence-corrected chi connectivity index (χ3v) is 10.8. The van der Waals surface area contributed by atoms with Gasteiger partial charge in [0.1, 0.15) is 5.52 Å². The van der Waals surface area contributed by atoms with Crippen molar-refractivity contribution in [2.24, 2.45) is 0 Å². The monoisotopic (exact) mass is 626 g/mol. The zero-order chi connectivity index (χ0) is 32.4. The maximum atomic E-state index is 6.42. The summed E-state index contributed by atoms with van der Waals surface area (Å²) in [7, 11) is 2.38. The Morgan fingerprint density at radius 3 is 2.33 bits per heavy atom. The van der Waals surface area contributed by atoms with Gasteiger partial charge in [-0.1, -0.05) is 116 Å². The van der Waals surface area contributed by atoms with Gasteiger partial charge in [0.05, 0.1) is 11.2 Å². The molecule has 49 heavy (non-hydrogen) atoms. The topological polar surface area (TPSA) is 43.0 Å². The van der Waals surface area contributed by atoms with Gasteiger partial charge in [-0.15, -0.1) is 0 Å². The van der Waals surface area contributed by atoms with E-state index >= 15 is 0 Å². The standard InChI is InChI=1S/C44H29BN3O/c1-44(2)30-19-9-10-21-33(30)46-41-29(18-12-20-31(41)44)38-26-15-6-7-16-27(26)39-28-17-8-11-22-35(28)48-36-24-34-37(23-32(36)45-40(38)42(39)48)49-43(47-34)25-13-4-3-5-14-25/h3-24,46H,1-2H3. The Labute approximate surface area is 283 Å². The van der Waals surface area contributed by atoms with Crippen LogP contribution in [0.2, 0.25) is 0 Å². The molecule has 0 fully saturated rings. The van der Waals surface area contributed by atoms with E-state index in [9.17, 15) is 0 Å². The number of hydrogen-bond acceptors (Lipinski definition) is 3. The van der Waals surface area contributed by atoms with E-state index in [0.717, 1.165) is 33.5 Å². The maximum Gasteiger partial charge on any atom is 0.227 e. The Bertz CT molecular complexity index is 2860. The van der Waals surface area contributed by atoms with Crippen LogP contribution < -0.4 is 16.2 Å². The lowest BCUT2D eigenvalue weighted by atomic mass is 9.58. The van der Waals surface area contributed by atoms with E-state index in [0.29, 0.717) is 5.89 Å². The first kappa shape index (κ1) is 26.9. The Kier molecular flexibility index (Phi) is 5.23. The van der Waals surface area contributed by atoms with Crippen molar-refractivity contribution < 1.29 is 4.42 Å². The number of oxazole rings is 1. The summed E-state index contributed by atoms with van der Waals surface area (Å²) in [6, 6.07) is 47.8. The molecule has 0 saturated heterocycles. The van der Waals surface area contributed by atoms with E-state index in [-0.39, 0.29) is 5.41 Å². The summed E-state index contributed by atoms with van der Waals surface area (Å²) >= 11 is 0. The van der Waals surface area contributed by atoms with Crippen LogP contribution in [0.5, 0.6) is 0 Å². The Morgan fingerprint density at radius 1 is 0.714 bits per heavy atom. The average molecular weight is 627 g/mol. The Balaban J connectivity index is 1.25. The summed E-state index contributed by atoms with van der Waals surface area (Å²) < 4.78 is 8.88. The molecule has 0 aliphatic carbocycles. The summed E-state index contributed by atoms with van der Waals surface area (Å²) in [5.74, 6) is 0.634. The molecule has 1 radical (unpaired) electrons. The third-order valence-electron chi connectivity index (χ3n) is 10.8. The van der Waals surface area contributed by atoms with Crippen LogP contribution in [0.25, 0.3) is 71.9 Å². The van der Waals surface area contributed by atoms with Crippen molar-refractivity contribution in [1.82, 2.24) is 9.55 Å². The number of aromatic nitrogens is 2. The summed E-state index contributed by atoms with van der Waals surface area (Å²) in [6.45, 7) is 4.68.